The lowest BCUT2D eigenvalue weighted by atomic mass is 10.2. The highest BCUT2D eigenvalue weighted by atomic mass is 16.4. The second-order valence-corrected chi connectivity index (χ2v) is 26.0. The molecule has 0 aliphatic heterocycles. The highest BCUT2D eigenvalue weighted by Gasteiger charge is 2.15. The van der Waals surface area contributed by atoms with Crippen LogP contribution in [-0.4, -0.2) is 279 Å². The molecule has 50 nitrogen and oxygen atoms in total. The standard InChI is InChI=1S/C67H114N46O4/c1-2-3-11-43-92-54(107-61(93-43)82-34-19-50(114)115)76-28-5-13-44-94-55(108-62(100-44)83-35-20-51(116)117)77-29-6-14-46-96-57(110-64(102-46)86-38-23-70)79-31-8-16-48-98-59(112-66(104-48)88-40-25-72)81-33-10-18-49-99-60(113-67(105-49)89-41-26-73)80-32-9-17-47-97-58(111-65(103-47)87-39-24-71)78-30-7-15-45-95-56(109-63(101-45)85-37-22-69)75-27-4-12-42-90-52(74)106-53(91-42)84-36-21-68/h2-41,68-73H2,1H3,(H,114,115)(H,116,117)(H3,74,84,90,91,106)(H2,75,85,95,101,109)(H2,76,82,92,93,107)(H2,77,83,94,100,108)(H2,78,87,97,103,111)(H2,79,86,96,102,110)(H2,80,89,99,105,113)(H2,81,88,98,104,112). The van der Waals surface area contributed by atoms with Crippen LogP contribution in [0.5, 0.6) is 0 Å². The number of nitrogens with two attached hydrogens (primary N) is 7. The fourth-order valence-corrected chi connectivity index (χ4v) is 10.6. The zero-order chi connectivity index (χ0) is 82.9. The van der Waals surface area contributed by atoms with E-state index < -0.39 is 11.9 Å². The molecule has 0 amide bonds. The predicted molar refractivity (Wildman–Crippen MR) is 439 cm³/mol. The summed E-state index contributed by atoms with van der Waals surface area (Å²) in [5.41, 5.74) is 42.4. The molecule has 0 saturated carbocycles. The summed E-state index contributed by atoms with van der Waals surface area (Å²) in [6, 6.07) is 0. The van der Waals surface area contributed by atoms with Gasteiger partial charge in [0.05, 0.1) is 25.9 Å². The number of nitrogens with zero attached hydrogens (tertiary/aromatic N) is 24. The molecule has 0 bridgehead atoms. The fourth-order valence-electron chi connectivity index (χ4n) is 10.6. The van der Waals surface area contributed by atoms with Crippen molar-refractivity contribution in [2.45, 2.75) is 129 Å². The Morgan fingerprint density at radius 3 is 0.991 bits per heavy atom. The Morgan fingerprint density at radius 1 is 0.308 bits per heavy atom. The number of hydrogen-bond acceptors (Lipinski definition) is 43. The number of carboxylic acid groups (broad SMARTS) is 2. The smallest absolute Gasteiger partial charge is 0.305 e. The molecule has 8 heterocycles. The van der Waals surface area contributed by atoms with Crippen molar-refractivity contribution in [1.29, 1.82) is 0 Å². The number of rotatable bonds is 59. The quantitative estimate of drug-likeness (QED) is 0.0160. The van der Waals surface area contributed by atoms with Gasteiger partial charge in [-0.3, -0.25) is 39.5 Å². The second-order valence-electron chi connectivity index (χ2n) is 26.0. The van der Waals surface area contributed by atoms with E-state index in [0.717, 1.165) is 12.8 Å². The molecule has 8 rings (SSSR count). The third-order valence-corrected chi connectivity index (χ3v) is 16.1. The molecule has 636 valence electrons. The lowest BCUT2D eigenvalue weighted by molar-refractivity contribution is -0.137. The third kappa shape index (κ3) is 35.9. The summed E-state index contributed by atoms with van der Waals surface area (Å²) in [6.45, 7) is 10.4. The van der Waals surface area contributed by atoms with Gasteiger partial charge in [0.1, 0.15) is 46.6 Å². The van der Waals surface area contributed by atoms with E-state index in [-0.39, 0.29) is 31.9 Å². The number of H-pyrrole nitrogens is 5. The van der Waals surface area contributed by atoms with Gasteiger partial charge in [0.15, 0.2) is 0 Å². The second kappa shape index (κ2) is 52.1. The van der Waals surface area contributed by atoms with E-state index in [4.69, 9.17) is 80.1 Å². The lowest BCUT2D eigenvalue weighted by Gasteiger charge is -2.11. The fraction of sp³-hybridized carbons (Fsp3) is 0.612. The first kappa shape index (κ1) is 90.1. The third-order valence-electron chi connectivity index (χ3n) is 16.1. The molecule has 0 saturated heterocycles. The Balaban J connectivity index is 0.821. The Morgan fingerprint density at radius 2 is 0.615 bits per heavy atom. The molecule has 0 aromatic carbocycles. The van der Waals surface area contributed by atoms with Crippen molar-refractivity contribution in [3.8, 4) is 0 Å². The van der Waals surface area contributed by atoms with Gasteiger partial charge in [-0.05, 0) is 51.4 Å². The van der Waals surface area contributed by atoms with Gasteiger partial charge in [0.25, 0.3) is 0 Å². The average Bonchev–Trinajstić information content (AvgIpc) is 0.847. The summed E-state index contributed by atoms with van der Waals surface area (Å²) in [4.78, 5) is 148. The minimum atomic E-state index is -0.978. The molecular formula is C67H114N46O4. The van der Waals surface area contributed by atoms with Gasteiger partial charge in [0.2, 0.25) is 93.5 Å². The van der Waals surface area contributed by atoms with E-state index in [1.807, 2.05) is 0 Å². The highest BCUT2D eigenvalue weighted by Crippen LogP contribution is 2.15. The number of aromatic nitrogens is 24. The first-order chi connectivity index (χ1) is 57.1. The maximum absolute atomic E-state index is 11.3. The minimum Gasteiger partial charge on any atom is -0.481 e. The van der Waals surface area contributed by atoms with Gasteiger partial charge in [-0.25, -0.2) is 4.99 Å². The molecular weight excluding hydrogens is 1510 g/mol. The van der Waals surface area contributed by atoms with Crippen LogP contribution in [0.4, 0.5) is 65.4 Å². The van der Waals surface area contributed by atoms with Crippen molar-refractivity contribution in [1.82, 2.24) is 120 Å². The number of anilines is 11. The molecule has 50 heteroatoms. The van der Waals surface area contributed by atoms with Crippen LogP contribution in [0.2, 0.25) is 0 Å². The number of unbranched alkanes of at least 4 members (excludes halogenated alkanes) is 1. The molecule has 0 aliphatic carbocycles. The first-order valence-corrected chi connectivity index (χ1v) is 39.6. The number of hydrogen-bond donors (Lipinski definition) is 24. The van der Waals surface area contributed by atoms with Crippen molar-refractivity contribution in [2.24, 2.45) is 59.4 Å². The van der Waals surface area contributed by atoms with Crippen molar-refractivity contribution < 1.29 is 19.8 Å². The van der Waals surface area contributed by atoms with E-state index in [9.17, 15) is 14.7 Å². The van der Waals surface area contributed by atoms with E-state index in [2.05, 4.69) is 170 Å². The number of carbonyl (C=O) groups is 2. The zero-order valence-electron chi connectivity index (χ0n) is 66.3. The SMILES string of the molecule is CCCCc1nc(=NCCCc2nc(=NCCCc3nc(NCCN)nc(NCCCc4nc(NCCN)nc(NCCCc5nc(=NCCCc6nc(NCCN)nc(NCCCc7nc(NCCN)nc(NCCCc8nc(N)nc(NCCN)n8)n7)n6)nc(NCCN)[nH]5)n4)n3)[nH]c(=NCCC(=O)O)[nH]2)[nH]c(=NCCC(=O)O)[nH]1. The summed E-state index contributed by atoms with van der Waals surface area (Å²) < 4.78 is 0. The molecule has 31 N–H and O–H groups in total. The molecule has 0 unspecified atom stereocenters. The van der Waals surface area contributed by atoms with Gasteiger partial charge in [-0.15, -0.1) is 0 Å². The van der Waals surface area contributed by atoms with E-state index >= 15 is 0 Å². The molecule has 0 radical (unpaired) electrons. The summed E-state index contributed by atoms with van der Waals surface area (Å²) in [6.07, 6.45) is 9.94. The number of aryl methyl sites for hydroxylation is 8. The summed E-state index contributed by atoms with van der Waals surface area (Å²) in [5, 5.41) is 50.7. The molecule has 117 heavy (non-hydrogen) atoms. The van der Waals surface area contributed by atoms with E-state index in [0.29, 0.717) is 355 Å². The van der Waals surface area contributed by atoms with Crippen LogP contribution < -0.4 is 121 Å². The van der Waals surface area contributed by atoms with Crippen LogP contribution in [-0.2, 0) is 61.0 Å². The zero-order valence-corrected chi connectivity index (χ0v) is 66.3. The molecule has 0 fully saturated rings. The molecule has 8 aromatic heterocycles. The molecule has 0 spiro atoms. The normalized spacial score (nSPS) is 12.1. The topological polar surface area (TPSA) is 763 Å². The first-order valence-electron chi connectivity index (χ1n) is 39.6. The van der Waals surface area contributed by atoms with Crippen molar-refractivity contribution >= 4 is 77.4 Å². The lowest BCUT2D eigenvalue weighted by Crippen LogP contribution is -2.30. The predicted octanol–water partition coefficient (Wildman–Crippen LogP) is -4.49. The highest BCUT2D eigenvalue weighted by molar-refractivity contribution is 5.67. The maximum atomic E-state index is 11.3. The van der Waals surface area contributed by atoms with Crippen LogP contribution in [0.1, 0.15) is 124 Å². The minimum absolute atomic E-state index is 0.0309. The van der Waals surface area contributed by atoms with Gasteiger partial charge in [0, 0.05) is 176 Å². The summed E-state index contributed by atoms with van der Waals surface area (Å²) in [5.74, 6) is 6.93. The van der Waals surface area contributed by atoms with Crippen molar-refractivity contribution in [3.05, 3.63) is 74.7 Å². The number of aromatic amines is 5. The molecule has 8 aromatic rings. The van der Waals surface area contributed by atoms with Gasteiger partial charge < -0.3 is 118 Å². The van der Waals surface area contributed by atoms with Crippen LogP contribution >= 0.6 is 0 Å². The largest absolute Gasteiger partial charge is 0.481 e. The Hall–Kier alpha value is -12.4. The average molecular weight is 1630 g/mol. The number of carboxylic acids is 2. The van der Waals surface area contributed by atoms with E-state index in [1.165, 1.54) is 0 Å². The van der Waals surface area contributed by atoms with Crippen molar-refractivity contribution in [2.75, 3.05) is 196 Å². The van der Waals surface area contributed by atoms with Gasteiger partial charge in [-0.1, -0.05) is 13.3 Å². The Bertz CT molecular complexity index is 4680. The number of nitrogen functional groups attached to an aromatic ring is 1. The van der Waals surface area contributed by atoms with Crippen LogP contribution in [0.25, 0.3) is 0 Å². The number of aliphatic carboxylic acids is 2. The Kier molecular flexibility index (Phi) is 40.2. The van der Waals surface area contributed by atoms with E-state index in [1.54, 1.807) is 0 Å². The van der Waals surface area contributed by atoms with Crippen LogP contribution in [0, 0.1) is 0 Å². The van der Waals surface area contributed by atoms with Gasteiger partial charge >= 0.3 is 11.9 Å². The monoisotopic (exact) mass is 1630 g/mol. The van der Waals surface area contributed by atoms with Crippen LogP contribution in [0.15, 0.2) is 25.0 Å². The van der Waals surface area contributed by atoms with Crippen LogP contribution in [0.3, 0.4) is 0 Å². The molecule has 0 atom stereocenters. The number of nitrogens with one attached hydrogen (secondary N) is 15. The summed E-state index contributed by atoms with van der Waals surface area (Å²) in [7, 11) is 0. The maximum Gasteiger partial charge on any atom is 0.305 e. The molecule has 0 aliphatic rings. The Labute approximate surface area is 673 Å². The van der Waals surface area contributed by atoms with Crippen molar-refractivity contribution in [3.63, 3.8) is 0 Å². The summed E-state index contributed by atoms with van der Waals surface area (Å²) >= 11 is 0. The van der Waals surface area contributed by atoms with Gasteiger partial charge in [-0.2, -0.15) is 94.7 Å².